The van der Waals surface area contributed by atoms with E-state index in [4.69, 9.17) is 16.3 Å². The average molecular weight is 715 g/mol. The summed E-state index contributed by atoms with van der Waals surface area (Å²) in [5.74, 6) is -4.95. The van der Waals surface area contributed by atoms with Crippen LogP contribution >= 0.6 is 11.6 Å². The number of Topliss-reactive ketones (excluding diaryl/α,β-unsaturated/α-hetero) is 1. The molecule has 2 aliphatic carbocycles. The number of imide groups is 2. The lowest BCUT2D eigenvalue weighted by Crippen LogP contribution is -2.53. The zero-order chi connectivity index (χ0) is 36.3. The second-order valence-electron chi connectivity index (χ2n) is 13.8. The minimum atomic E-state index is -1.46. The topological polar surface area (TPSA) is 121 Å². The van der Waals surface area contributed by atoms with Gasteiger partial charge in [0.05, 0.1) is 41.2 Å². The van der Waals surface area contributed by atoms with Crippen molar-refractivity contribution in [2.75, 3.05) is 23.0 Å². The number of fused-ring (bicyclic) bond motifs is 4. The molecule has 8 rings (SSSR count). The highest BCUT2D eigenvalue weighted by Crippen LogP contribution is 2.65. The third kappa shape index (κ3) is 4.98. The summed E-state index contributed by atoms with van der Waals surface area (Å²) in [6, 6.07) is 29.7. The largest absolute Gasteiger partial charge is 0.491 e. The molecule has 4 aromatic rings. The van der Waals surface area contributed by atoms with Crippen LogP contribution in [-0.4, -0.2) is 47.7 Å². The molecular weight excluding hydrogens is 680 g/mol. The van der Waals surface area contributed by atoms with Crippen LogP contribution in [0.15, 0.2) is 115 Å². The maximum Gasteiger partial charge on any atom is 0.246 e. The molecule has 0 radical (unpaired) electrons. The first-order chi connectivity index (χ1) is 25.2. The van der Waals surface area contributed by atoms with Crippen LogP contribution in [0, 0.1) is 23.7 Å². The number of nitrogens with zero attached hydrogens (tertiary/aromatic N) is 2. The minimum Gasteiger partial charge on any atom is -0.491 e. The molecule has 1 saturated carbocycles. The van der Waals surface area contributed by atoms with Gasteiger partial charge in [-0.15, -0.1) is 0 Å². The number of aliphatic hydroxyl groups excluding tert-OH is 1. The summed E-state index contributed by atoms with van der Waals surface area (Å²) in [5, 5.41) is 10.1. The number of carbonyl (C=O) groups is 5. The Morgan fingerprint density at radius 3 is 2.27 bits per heavy atom. The van der Waals surface area contributed by atoms with Crippen LogP contribution in [0.4, 0.5) is 11.4 Å². The van der Waals surface area contributed by atoms with Gasteiger partial charge >= 0.3 is 0 Å². The number of hydrogen-bond donors (Lipinski definition) is 1. The summed E-state index contributed by atoms with van der Waals surface area (Å²) in [6.07, 6.45) is 2.40. The molecule has 4 amide bonds. The molecule has 0 aromatic heterocycles. The summed E-state index contributed by atoms with van der Waals surface area (Å²) in [5.41, 5.74) is 1.82. The molecule has 0 bridgehead atoms. The van der Waals surface area contributed by atoms with Gasteiger partial charge in [0.1, 0.15) is 12.4 Å². The number of aliphatic hydroxyl groups is 1. The van der Waals surface area contributed by atoms with Gasteiger partial charge in [0.2, 0.25) is 23.6 Å². The van der Waals surface area contributed by atoms with Crippen LogP contribution in [0.3, 0.4) is 0 Å². The minimum absolute atomic E-state index is 0.00452. The highest BCUT2D eigenvalue weighted by molar-refractivity contribution is 6.32. The SMILES string of the molecule is CC(=O)c1ccc(N2C(=O)[C@H]3[C@H](CC=C4[C@H]3C[C@H]3C(=O)N(c5cccc(Cl)c5)C(=O)[C@@]3(c3ccccc3)[C@H]4c3ccccc3OCCO)C2=O)cc1. The molecule has 2 saturated heterocycles. The maximum atomic E-state index is 15.4. The predicted octanol–water partition coefficient (Wildman–Crippen LogP) is 6.28. The molecule has 9 nitrogen and oxygen atoms in total. The number of ether oxygens (including phenoxy) is 1. The number of para-hydroxylation sites is 1. The number of hydrogen-bond acceptors (Lipinski definition) is 7. The number of halogens is 1. The first kappa shape index (κ1) is 33.7. The molecule has 6 atom stereocenters. The van der Waals surface area contributed by atoms with E-state index in [1.165, 1.54) is 16.7 Å². The average Bonchev–Trinajstić information content (AvgIpc) is 3.55. The first-order valence-corrected chi connectivity index (χ1v) is 17.8. The second kappa shape index (κ2) is 13.0. The number of anilines is 2. The van der Waals surface area contributed by atoms with E-state index in [-0.39, 0.29) is 43.7 Å². The van der Waals surface area contributed by atoms with E-state index < -0.39 is 46.8 Å². The Hall–Kier alpha value is -5.38. The lowest BCUT2D eigenvalue weighted by Gasteiger charge is -2.51. The fourth-order valence-electron chi connectivity index (χ4n) is 9.19. The second-order valence-corrected chi connectivity index (χ2v) is 14.3. The highest BCUT2D eigenvalue weighted by Gasteiger charge is 2.70. The number of allylic oxidation sites excluding steroid dienone is 2. The van der Waals surface area contributed by atoms with E-state index in [1.54, 1.807) is 54.6 Å². The van der Waals surface area contributed by atoms with E-state index in [0.717, 1.165) is 5.57 Å². The monoisotopic (exact) mass is 714 g/mol. The van der Waals surface area contributed by atoms with Crippen molar-refractivity contribution >= 4 is 52.4 Å². The van der Waals surface area contributed by atoms with Gasteiger partial charge < -0.3 is 9.84 Å². The molecule has 3 fully saturated rings. The van der Waals surface area contributed by atoms with Crippen LogP contribution in [0.2, 0.25) is 5.02 Å². The van der Waals surface area contributed by atoms with E-state index in [9.17, 15) is 24.3 Å². The Kier molecular flexibility index (Phi) is 8.43. The lowest BCUT2D eigenvalue weighted by molar-refractivity contribution is -0.127. The van der Waals surface area contributed by atoms with Crippen LogP contribution in [0.5, 0.6) is 5.75 Å². The van der Waals surface area contributed by atoms with Crippen molar-refractivity contribution in [3.8, 4) is 5.75 Å². The Bertz CT molecular complexity index is 2170. The van der Waals surface area contributed by atoms with Gasteiger partial charge in [0, 0.05) is 22.1 Å². The zero-order valence-electron chi connectivity index (χ0n) is 28.3. The van der Waals surface area contributed by atoms with Gasteiger partial charge in [-0.1, -0.05) is 77.8 Å². The number of ketones is 1. The van der Waals surface area contributed by atoms with Gasteiger partial charge in [0.15, 0.2) is 5.78 Å². The predicted molar refractivity (Wildman–Crippen MR) is 194 cm³/mol. The van der Waals surface area contributed by atoms with Crippen molar-refractivity contribution in [1.29, 1.82) is 0 Å². The summed E-state index contributed by atoms with van der Waals surface area (Å²) in [7, 11) is 0. The lowest BCUT2D eigenvalue weighted by atomic mass is 9.49. The van der Waals surface area contributed by atoms with Gasteiger partial charge in [-0.25, -0.2) is 4.90 Å². The molecule has 52 heavy (non-hydrogen) atoms. The van der Waals surface area contributed by atoms with Crippen LogP contribution in [-0.2, 0) is 24.6 Å². The zero-order valence-corrected chi connectivity index (χ0v) is 29.0. The van der Waals surface area contributed by atoms with Crippen LogP contribution in [0.25, 0.3) is 0 Å². The Morgan fingerprint density at radius 1 is 0.827 bits per heavy atom. The molecule has 4 aromatic carbocycles. The van der Waals surface area contributed by atoms with E-state index in [2.05, 4.69) is 0 Å². The van der Waals surface area contributed by atoms with Crippen molar-refractivity contribution in [2.45, 2.75) is 31.1 Å². The van der Waals surface area contributed by atoms with Crippen molar-refractivity contribution in [2.24, 2.45) is 23.7 Å². The van der Waals surface area contributed by atoms with Crippen molar-refractivity contribution in [3.63, 3.8) is 0 Å². The molecule has 0 spiro atoms. The Labute approximate surface area is 305 Å². The number of rotatable bonds is 8. The maximum absolute atomic E-state index is 15.4. The Balaban J connectivity index is 1.33. The molecule has 2 heterocycles. The van der Waals surface area contributed by atoms with E-state index in [1.807, 2.05) is 54.6 Å². The molecular formula is C42H35ClN2O7. The van der Waals surface area contributed by atoms with Crippen LogP contribution < -0.4 is 14.5 Å². The third-order valence-corrected chi connectivity index (χ3v) is 11.5. The molecule has 10 heteroatoms. The summed E-state index contributed by atoms with van der Waals surface area (Å²) < 4.78 is 6.11. The standard InChI is InChI=1S/C42H35ClN2O7/c1-24(47)25-14-16-28(17-15-25)44-38(48)32-19-18-30-33(36(32)40(44)50)23-34-39(49)45(29-11-7-10-27(43)22-29)41(51)42(34,26-8-3-2-4-9-26)37(30)31-12-5-6-13-35(31)52-21-20-46/h2-18,22,32-34,36-37,46H,19-21,23H2,1H3/t32-,33+,34-,36-,37+,42+/m0/s1. The number of benzene rings is 4. The van der Waals surface area contributed by atoms with Gasteiger partial charge in [-0.2, -0.15) is 0 Å². The molecule has 0 unspecified atom stereocenters. The summed E-state index contributed by atoms with van der Waals surface area (Å²) >= 11 is 6.41. The van der Waals surface area contributed by atoms with Crippen molar-refractivity contribution < 1.29 is 33.8 Å². The van der Waals surface area contributed by atoms with Crippen molar-refractivity contribution in [1.82, 2.24) is 0 Å². The number of amides is 4. The molecule has 262 valence electrons. The third-order valence-electron chi connectivity index (χ3n) is 11.3. The van der Waals surface area contributed by atoms with E-state index >= 15 is 4.79 Å². The quantitative estimate of drug-likeness (QED) is 0.130. The molecule has 2 aliphatic heterocycles. The molecule has 4 aliphatic rings. The fraction of sp³-hybridized carbons (Fsp3) is 0.262. The van der Waals surface area contributed by atoms with Crippen molar-refractivity contribution in [3.05, 3.63) is 136 Å². The summed E-state index contributed by atoms with van der Waals surface area (Å²) in [4.78, 5) is 73.4. The number of carbonyl (C=O) groups excluding carboxylic acids is 5. The van der Waals surface area contributed by atoms with Gasteiger partial charge in [-0.05, 0) is 79.8 Å². The smallest absolute Gasteiger partial charge is 0.246 e. The van der Waals surface area contributed by atoms with E-state index in [0.29, 0.717) is 38.8 Å². The van der Waals surface area contributed by atoms with Gasteiger partial charge in [-0.3, -0.25) is 28.9 Å². The first-order valence-electron chi connectivity index (χ1n) is 17.4. The van der Waals surface area contributed by atoms with Crippen LogP contribution in [0.1, 0.15) is 47.2 Å². The normalized spacial score (nSPS) is 26.5. The van der Waals surface area contributed by atoms with Gasteiger partial charge in [0.25, 0.3) is 0 Å². The summed E-state index contributed by atoms with van der Waals surface area (Å²) in [6.45, 7) is 1.22. The Morgan fingerprint density at radius 2 is 1.56 bits per heavy atom. The highest BCUT2D eigenvalue weighted by atomic mass is 35.5. The fourth-order valence-corrected chi connectivity index (χ4v) is 9.38. The molecule has 1 N–H and O–H groups in total.